The number of nitrogens with one attached hydrogen (secondary N) is 1. The van der Waals surface area contributed by atoms with Crippen LogP contribution in [0.1, 0.15) is 34.0 Å². The van der Waals surface area contributed by atoms with Gasteiger partial charge in [0.05, 0.1) is 6.04 Å². The molecule has 0 radical (unpaired) electrons. The van der Waals surface area contributed by atoms with Gasteiger partial charge in [-0.1, -0.05) is 84.4 Å². The van der Waals surface area contributed by atoms with Crippen LogP contribution in [-0.2, 0) is 12.8 Å². The first-order valence-corrected chi connectivity index (χ1v) is 10.4. The maximum absolute atomic E-state index is 3.74. The summed E-state index contributed by atoms with van der Waals surface area (Å²) >= 11 is 0. The van der Waals surface area contributed by atoms with Crippen molar-refractivity contribution in [3.05, 3.63) is 119 Å². The first kappa shape index (κ1) is 17.8. The lowest BCUT2D eigenvalue weighted by molar-refractivity contribution is 0.297. The summed E-state index contributed by atoms with van der Waals surface area (Å²) in [5.74, 6) is 0. The van der Waals surface area contributed by atoms with Gasteiger partial charge in [-0.25, -0.2) is 0 Å². The van der Waals surface area contributed by atoms with Crippen LogP contribution in [0.2, 0.25) is 0 Å². The van der Waals surface area contributed by atoms with Crippen LogP contribution in [0.25, 0.3) is 10.9 Å². The third kappa shape index (κ3) is 3.47. The molecule has 0 fully saturated rings. The number of aryl methyl sites for hydroxylation is 1. The Labute approximate surface area is 172 Å². The number of hydrogen-bond donors (Lipinski definition) is 1. The first-order valence-electron chi connectivity index (χ1n) is 10.4. The maximum Gasteiger partial charge on any atom is 0.0941 e. The molecule has 1 unspecified atom stereocenters. The number of para-hydroxylation sites is 1. The van der Waals surface area contributed by atoms with Crippen LogP contribution in [0.5, 0.6) is 0 Å². The molecule has 1 aliphatic rings. The van der Waals surface area contributed by atoms with E-state index in [9.17, 15) is 0 Å². The van der Waals surface area contributed by atoms with Gasteiger partial charge in [-0.2, -0.15) is 0 Å². The van der Waals surface area contributed by atoms with Crippen LogP contribution < -0.4 is 0 Å². The van der Waals surface area contributed by atoms with Crippen molar-refractivity contribution in [2.45, 2.75) is 25.8 Å². The van der Waals surface area contributed by atoms with Crippen LogP contribution in [0, 0.1) is 6.92 Å². The smallest absolute Gasteiger partial charge is 0.0941 e. The highest BCUT2D eigenvalue weighted by Crippen LogP contribution is 2.38. The Morgan fingerprint density at radius 1 is 0.931 bits per heavy atom. The van der Waals surface area contributed by atoms with Gasteiger partial charge in [0.15, 0.2) is 0 Å². The Balaban J connectivity index is 1.53. The van der Waals surface area contributed by atoms with E-state index in [1.54, 1.807) is 0 Å². The van der Waals surface area contributed by atoms with E-state index in [0.29, 0.717) is 0 Å². The lowest BCUT2D eigenvalue weighted by atomic mass is 9.92. The minimum absolute atomic E-state index is 0.221. The molecule has 0 saturated heterocycles. The second-order valence-electron chi connectivity index (χ2n) is 7.94. The minimum atomic E-state index is 0.221. The summed E-state index contributed by atoms with van der Waals surface area (Å²) in [6, 6.07) is 28.6. The van der Waals surface area contributed by atoms with Crippen LogP contribution in [0.4, 0.5) is 0 Å². The number of aromatic amines is 1. The number of nitrogens with zero attached hydrogens (tertiary/aromatic N) is 1. The van der Waals surface area contributed by atoms with E-state index in [2.05, 4.69) is 108 Å². The van der Waals surface area contributed by atoms with Crippen molar-refractivity contribution in [1.29, 1.82) is 0 Å². The fraction of sp³-hybridized carbons (Fsp3) is 0.185. The monoisotopic (exact) mass is 378 g/mol. The number of hydrogen-bond acceptors (Lipinski definition) is 1. The zero-order valence-corrected chi connectivity index (χ0v) is 16.8. The van der Waals surface area contributed by atoms with Gasteiger partial charge in [0.1, 0.15) is 0 Å². The molecule has 3 aromatic carbocycles. The van der Waals surface area contributed by atoms with Gasteiger partial charge in [-0.3, -0.25) is 0 Å². The average molecular weight is 379 g/mol. The Morgan fingerprint density at radius 3 is 2.52 bits per heavy atom. The molecule has 144 valence electrons. The highest BCUT2D eigenvalue weighted by atomic mass is 15.2. The van der Waals surface area contributed by atoms with Crippen molar-refractivity contribution in [3.8, 4) is 0 Å². The molecule has 2 heteroatoms. The van der Waals surface area contributed by atoms with E-state index in [1.807, 2.05) is 0 Å². The van der Waals surface area contributed by atoms with Crippen molar-refractivity contribution in [1.82, 2.24) is 9.88 Å². The number of benzene rings is 3. The predicted molar refractivity (Wildman–Crippen MR) is 121 cm³/mol. The number of fused-ring (bicyclic) bond motifs is 3. The number of aromatic nitrogens is 1. The molecule has 1 aromatic heterocycles. The molecule has 1 N–H and O–H groups in total. The highest BCUT2D eigenvalue weighted by Gasteiger charge is 2.29. The maximum atomic E-state index is 3.74. The Morgan fingerprint density at radius 2 is 1.69 bits per heavy atom. The van der Waals surface area contributed by atoms with E-state index in [0.717, 1.165) is 19.4 Å². The first-order chi connectivity index (χ1) is 14.3. The summed E-state index contributed by atoms with van der Waals surface area (Å²) in [7, 11) is 0. The number of rotatable bonds is 4. The molecule has 0 aliphatic carbocycles. The van der Waals surface area contributed by atoms with Crippen LogP contribution in [-0.4, -0.2) is 16.4 Å². The third-order valence-electron chi connectivity index (χ3n) is 5.96. The molecule has 0 bridgehead atoms. The van der Waals surface area contributed by atoms with Crippen molar-refractivity contribution >= 4 is 10.9 Å². The second kappa shape index (κ2) is 7.63. The standard InChI is InChI=1S/C27H26N2/c1-20-13-15-22(16-14-20)27-26-24(23-11-5-6-12-25(23)28-26)17-19-29(27)18-7-10-21-8-3-2-4-9-21/h2-9,11-16,18,27-28H,10,17,19H2,1H3/b18-7+. The fourth-order valence-corrected chi connectivity index (χ4v) is 4.47. The normalized spacial score (nSPS) is 16.4. The lowest BCUT2D eigenvalue weighted by Crippen LogP contribution is -2.32. The van der Waals surface area contributed by atoms with Crippen LogP contribution in [0.15, 0.2) is 91.1 Å². The molecule has 1 aliphatic heterocycles. The average Bonchev–Trinajstić information content (AvgIpc) is 3.14. The van der Waals surface area contributed by atoms with Gasteiger partial charge in [0, 0.05) is 23.1 Å². The van der Waals surface area contributed by atoms with E-state index >= 15 is 0 Å². The lowest BCUT2D eigenvalue weighted by Gasteiger charge is -2.35. The zero-order chi connectivity index (χ0) is 19.6. The third-order valence-corrected chi connectivity index (χ3v) is 5.96. The molecule has 0 spiro atoms. The summed E-state index contributed by atoms with van der Waals surface area (Å²) in [5.41, 5.74) is 8.04. The Kier molecular flexibility index (Phi) is 4.69. The molecule has 4 aromatic rings. The highest BCUT2D eigenvalue weighted by molar-refractivity contribution is 5.85. The van der Waals surface area contributed by atoms with Crippen molar-refractivity contribution < 1.29 is 0 Å². The van der Waals surface area contributed by atoms with Gasteiger partial charge >= 0.3 is 0 Å². The molecule has 0 saturated carbocycles. The minimum Gasteiger partial charge on any atom is -0.365 e. The van der Waals surface area contributed by atoms with E-state index < -0.39 is 0 Å². The van der Waals surface area contributed by atoms with E-state index in [1.165, 1.54) is 38.9 Å². The molecular formula is C27H26N2. The second-order valence-corrected chi connectivity index (χ2v) is 7.94. The number of H-pyrrole nitrogens is 1. The van der Waals surface area contributed by atoms with Crippen molar-refractivity contribution in [2.24, 2.45) is 0 Å². The zero-order valence-electron chi connectivity index (χ0n) is 16.8. The number of allylic oxidation sites excluding steroid dienone is 1. The van der Waals surface area contributed by atoms with Gasteiger partial charge in [-0.15, -0.1) is 0 Å². The largest absolute Gasteiger partial charge is 0.365 e. The van der Waals surface area contributed by atoms with Gasteiger partial charge in [0.25, 0.3) is 0 Å². The molecular weight excluding hydrogens is 352 g/mol. The van der Waals surface area contributed by atoms with Gasteiger partial charge < -0.3 is 9.88 Å². The molecule has 1 atom stereocenters. The fourth-order valence-electron chi connectivity index (χ4n) is 4.47. The van der Waals surface area contributed by atoms with E-state index in [-0.39, 0.29) is 6.04 Å². The van der Waals surface area contributed by atoms with Crippen LogP contribution >= 0.6 is 0 Å². The summed E-state index contributed by atoms with van der Waals surface area (Å²) in [5, 5.41) is 1.37. The SMILES string of the molecule is Cc1ccc(C2c3[nH]c4ccccc4c3CCN2/C=C/Cc2ccccc2)cc1. The van der Waals surface area contributed by atoms with Gasteiger partial charge in [0.2, 0.25) is 0 Å². The summed E-state index contributed by atoms with van der Waals surface area (Å²) in [4.78, 5) is 6.23. The van der Waals surface area contributed by atoms with Crippen molar-refractivity contribution in [2.75, 3.05) is 6.54 Å². The van der Waals surface area contributed by atoms with Crippen LogP contribution in [0.3, 0.4) is 0 Å². The molecule has 2 nitrogen and oxygen atoms in total. The quantitative estimate of drug-likeness (QED) is 0.449. The Bertz CT molecular complexity index is 1140. The summed E-state index contributed by atoms with van der Waals surface area (Å²) in [6.07, 6.45) is 6.62. The van der Waals surface area contributed by atoms with Crippen molar-refractivity contribution in [3.63, 3.8) is 0 Å². The predicted octanol–water partition coefficient (Wildman–Crippen LogP) is 6.18. The molecule has 2 heterocycles. The molecule has 5 rings (SSSR count). The van der Waals surface area contributed by atoms with Gasteiger partial charge in [-0.05, 0) is 48.7 Å². The molecule has 29 heavy (non-hydrogen) atoms. The topological polar surface area (TPSA) is 19.0 Å². The molecule has 0 amide bonds. The summed E-state index contributed by atoms with van der Waals surface area (Å²) in [6.45, 7) is 3.18. The summed E-state index contributed by atoms with van der Waals surface area (Å²) < 4.78 is 0. The van der Waals surface area contributed by atoms with E-state index in [4.69, 9.17) is 0 Å². The Hall–Kier alpha value is -3.26.